The maximum Gasteiger partial charge on any atom is 0.0873 e. The van der Waals surface area contributed by atoms with Crippen molar-refractivity contribution >= 4 is 0 Å². The number of unbranched alkanes of at least 4 members (excludes halogenated alkanes) is 3. The van der Waals surface area contributed by atoms with E-state index in [0.29, 0.717) is 10.8 Å². The average Bonchev–Trinajstić information content (AvgIpc) is 3.03. The highest BCUT2D eigenvalue weighted by atomic mass is 16.5. The zero-order chi connectivity index (χ0) is 19.6. The van der Waals surface area contributed by atoms with Gasteiger partial charge in [-0.05, 0) is 104 Å². The van der Waals surface area contributed by atoms with Crippen LogP contribution < -0.4 is 0 Å². The van der Waals surface area contributed by atoms with Gasteiger partial charge in [-0.2, -0.15) is 0 Å². The van der Waals surface area contributed by atoms with Crippen molar-refractivity contribution in [2.45, 2.75) is 111 Å². The summed E-state index contributed by atoms with van der Waals surface area (Å²) in [5.74, 6) is 4.83. The zero-order valence-electron chi connectivity index (χ0n) is 19.1. The molecular weight excluding hydrogens is 340 g/mol. The van der Waals surface area contributed by atoms with E-state index < -0.39 is 0 Å². The molecule has 4 rings (SSSR count). The van der Waals surface area contributed by atoms with Gasteiger partial charge in [-0.3, -0.25) is 0 Å². The van der Waals surface area contributed by atoms with Crippen molar-refractivity contribution in [3.63, 3.8) is 0 Å². The van der Waals surface area contributed by atoms with Gasteiger partial charge in [0.05, 0.1) is 12.9 Å². The van der Waals surface area contributed by atoms with Gasteiger partial charge < -0.3 is 4.74 Å². The number of rotatable bonds is 7. The second-order valence-corrected chi connectivity index (χ2v) is 11.4. The molecule has 4 fully saturated rings. The van der Waals surface area contributed by atoms with Crippen molar-refractivity contribution in [1.29, 1.82) is 0 Å². The van der Waals surface area contributed by atoms with E-state index in [0.717, 1.165) is 36.2 Å². The van der Waals surface area contributed by atoms with Crippen molar-refractivity contribution in [3.05, 3.63) is 12.3 Å². The monoisotopic (exact) mass is 386 g/mol. The third-order valence-corrected chi connectivity index (χ3v) is 10.2. The third-order valence-electron chi connectivity index (χ3n) is 10.2. The van der Waals surface area contributed by atoms with E-state index in [9.17, 15) is 0 Å². The maximum absolute atomic E-state index is 5.88. The highest BCUT2D eigenvalue weighted by molar-refractivity contribution is 5.11. The van der Waals surface area contributed by atoms with Gasteiger partial charge in [0.2, 0.25) is 0 Å². The first-order valence-electron chi connectivity index (χ1n) is 12.9. The summed E-state index contributed by atoms with van der Waals surface area (Å²) in [5.41, 5.74) is 1.22. The van der Waals surface area contributed by atoms with Gasteiger partial charge in [0.15, 0.2) is 0 Å². The fourth-order valence-corrected chi connectivity index (χ4v) is 8.48. The van der Waals surface area contributed by atoms with E-state index >= 15 is 0 Å². The smallest absolute Gasteiger partial charge is 0.0873 e. The average molecular weight is 387 g/mol. The van der Waals surface area contributed by atoms with Crippen LogP contribution in [0.15, 0.2) is 12.3 Å². The lowest BCUT2D eigenvalue weighted by molar-refractivity contribution is -0.107. The molecule has 0 saturated heterocycles. The first-order chi connectivity index (χ1) is 13.6. The quantitative estimate of drug-likeness (QED) is 0.317. The van der Waals surface area contributed by atoms with Crippen LogP contribution in [-0.2, 0) is 4.74 Å². The highest BCUT2D eigenvalue weighted by Gasteiger charge is 2.59. The second kappa shape index (κ2) is 8.73. The molecule has 4 aliphatic rings. The Kier molecular flexibility index (Phi) is 6.48. The lowest BCUT2D eigenvalue weighted by Gasteiger charge is -2.60. The number of ether oxygens (including phenoxy) is 1. The summed E-state index contributed by atoms with van der Waals surface area (Å²) >= 11 is 0. The van der Waals surface area contributed by atoms with Crippen LogP contribution >= 0.6 is 0 Å². The molecule has 4 saturated carbocycles. The Morgan fingerprint density at radius 2 is 1.68 bits per heavy atom. The minimum atomic E-state index is 0.543. The van der Waals surface area contributed by atoms with Crippen LogP contribution in [0.3, 0.4) is 0 Å². The van der Waals surface area contributed by atoms with E-state index in [1.54, 1.807) is 0 Å². The largest absolute Gasteiger partial charge is 0.502 e. The summed E-state index contributed by atoms with van der Waals surface area (Å²) in [4.78, 5) is 0. The first-order valence-corrected chi connectivity index (χ1v) is 12.9. The minimum Gasteiger partial charge on any atom is -0.502 e. The summed E-state index contributed by atoms with van der Waals surface area (Å²) in [6.07, 6.45) is 24.7. The van der Waals surface area contributed by atoms with E-state index in [1.807, 2.05) is 0 Å². The van der Waals surface area contributed by atoms with E-state index in [1.165, 1.54) is 89.9 Å². The molecule has 0 N–H and O–H groups in total. The maximum atomic E-state index is 5.88. The molecule has 7 atom stereocenters. The van der Waals surface area contributed by atoms with Crippen LogP contribution in [0.2, 0.25) is 0 Å². The van der Waals surface area contributed by atoms with Gasteiger partial charge in [0.1, 0.15) is 0 Å². The van der Waals surface area contributed by atoms with Gasteiger partial charge in [-0.25, -0.2) is 0 Å². The van der Waals surface area contributed by atoms with Crippen LogP contribution in [0.4, 0.5) is 0 Å². The molecule has 0 heterocycles. The van der Waals surface area contributed by atoms with Crippen molar-refractivity contribution in [2.24, 2.45) is 40.4 Å². The van der Waals surface area contributed by atoms with Gasteiger partial charge in [-0.1, -0.05) is 52.9 Å². The lowest BCUT2D eigenvalue weighted by Crippen LogP contribution is -2.52. The number of allylic oxidation sites excluding steroid dienone is 1. The predicted octanol–water partition coefficient (Wildman–Crippen LogP) is 8.15. The summed E-state index contributed by atoms with van der Waals surface area (Å²) in [6, 6.07) is 0. The summed E-state index contributed by atoms with van der Waals surface area (Å²) in [6.45, 7) is 8.53. The number of fused-ring (bicyclic) bond motifs is 5. The zero-order valence-corrected chi connectivity index (χ0v) is 19.1. The molecule has 0 amide bonds. The molecule has 1 nitrogen and oxygen atoms in total. The highest BCUT2D eigenvalue weighted by Crippen LogP contribution is 2.67. The summed E-state index contributed by atoms with van der Waals surface area (Å²) in [7, 11) is 0. The molecule has 1 unspecified atom stereocenters. The van der Waals surface area contributed by atoms with Gasteiger partial charge in [0.25, 0.3) is 0 Å². The van der Waals surface area contributed by atoms with Crippen LogP contribution in [-0.4, -0.2) is 6.61 Å². The molecular formula is C27H46O. The second-order valence-electron chi connectivity index (χ2n) is 11.4. The Hall–Kier alpha value is -0.460. The normalized spacial score (nSPS) is 45.5. The van der Waals surface area contributed by atoms with Crippen LogP contribution in [0.1, 0.15) is 111 Å². The molecule has 0 aromatic rings. The molecule has 0 aromatic heterocycles. The van der Waals surface area contributed by atoms with Crippen molar-refractivity contribution in [2.75, 3.05) is 6.61 Å². The van der Waals surface area contributed by atoms with Crippen LogP contribution in [0.5, 0.6) is 0 Å². The lowest BCUT2D eigenvalue weighted by atomic mass is 9.45. The third kappa shape index (κ3) is 3.69. The molecule has 0 aliphatic heterocycles. The fraction of sp³-hybridized carbons (Fsp3) is 0.926. The van der Waals surface area contributed by atoms with E-state index in [2.05, 4.69) is 33.1 Å². The Balaban J connectivity index is 1.37. The SMILES string of the molecule is CCCCCCOC=C[C@H]1CC[C@H]2[C@@H]3CCC4CCCC[C@]4(C)[C@H]3CC[C@]12C. The van der Waals surface area contributed by atoms with Crippen LogP contribution in [0.25, 0.3) is 0 Å². The molecule has 4 aliphatic carbocycles. The number of hydrogen-bond acceptors (Lipinski definition) is 1. The van der Waals surface area contributed by atoms with E-state index in [4.69, 9.17) is 4.74 Å². The Morgan fingerprint density at radius 3 is 2.54 bits per heavy atom. The first kappa shape index (κ1) is 20.8. The molecule has 28 heavy (non-hydrogen) atoms. The Labute approximate surface area is 175 Å². The summed E-state index contributed by atoms with van der Waals surface area (Å²) in [5, 5.41) is 0. The Morgan fingerprint density at radius 1 is 0.821 bits per heavy atom. The standard InChI is InChI=1S/C27H46O/c1-4-5-6-9-19-28-20-16-22-12-14-24-23-13-11-21-10-7-8-17-26(21,2)25(23)15-18-27(22,24)3/h16,20-25H,4-15,17-19H2,1-3H3/t21?,22-,23+,24+,25+,26+,27-/m1/s1. The molecule has 0 radical (unpaired) electrons. The molecule has 160 valence electrons. The Bertz CT molecular complexity index is 538. The van der Waals surface area contributed by atoms with Gasteiger partial charge >= 0.3 is 0 Å². The van der Waals surface area contributed by atoms with Gasteiger partial charge in [0, 0.05) is 0 Å². The molecule has 0 spiro atoms. The van der Waals surface area contributed by atoms with Crippen LogP contribution in [0, 0.1) is 40.4 Å². The minimum absolute atomic E-state index is 0.543. The predicted molar refractivity (Wildman–Crippen MR) is 119 cm³/mol. The topological polar surface area (TPSA) is 9.23 Å². The van der Waals surface area contributed by atoms with Crippen molar-refractivity contribution in [1.82, 2.24) is 0 Å². The number of hydrogen-bond donors (Lipinski definition) is 0. The van der Waals surface area contributed by atoms with E-state index in [-0.39, 0.29) is 0 Å². The fourth-order valence-electron chi connectivity index (χ4n) is 8.48. The van der Waals surface area contributed by atoms with Crippen molar-refractivity contribution in [3.8, 4) is 0 Å². The molecule has 0 bridgehead atoms. The van der Waals surface area contributed by atoms with Crippen molar-refractivity contribution < 1.29 is 4.74 Å². The molecule has 0 aromatic carbocycles. The van der Waals surface area contributed by atoms with Gasteiger partial charge in [-0.15, -0.1) is 0 Å². The summed E-state index contributed by atoms with van der Waals surface area (Å²) < 4.78 is 5.88. The molecule has 1 heteroatoms.